The van der Waals surface area contributed by atoms with E-state index < -0.39 is 0 Å². The van der Waals surface area contributed by atoms with Crippen LogP contribution in [0.15, 0.2) is 59.7 Å². The summed E-state index contributed by atoms with van der Waals surface area (Å²) in [6.45, 7) is 0.330. The standard InChI is InChI=1S/C21H21N3O2/c25-20(23-19-11-5-7-15-6-1-2-8-16(15)19)12-13-24-14-22-18-10-4-3-9-17(18)21(24)26/h1-4,6,8-10,14,19H,5,7,11-13H2,(H,23,25)/t19-/m1/s1. The van der Waals surface area contributed by atoms with Crippen LogP contribution in [-0.2, 0) is 17.8 Å². The Hall–Kier alpha value is -2.95. The third kappa shape index (κ3) is 3.25. The molecule has 0 spiro atoms. The Labute approximate surface area is 151 Å². The van der Waals surface area contributed by atoms with Crippen LogP contribution in [0.3, 0.4) is 0 Å². The Kier molecular flexibility index (Phi) is 4.52. The average molecular weight is 347 g/mol. The van der Waals surface area contributed by atoms with Crippen molar-refractivity contribution in [2.45, 2.75) is 38.3 Å². The van der Waals surface area contributed by atoms with Crippen LogP contribution < -0.4 is 10.9 Å². The maximum atomic E-state index is 12.5. The number of fused-ring (bicyclic) bond motifs is 2. The number of aromatic nitrogens is 2. The predicted molar refractivity (Wildman–Crippen MR) is 101 cm³/mol. The molecule has 1 heterocycles. The SMILES string of the molecule is O=C(CCn1cnc2ccccc2c1=O)N[C@@H]1CCCc2ccccc21. The number of nitrogens with zero attached hydrogens (tertiary/aromatic N) is 2. The maximum absolute atomic E-state index is 12.5. The monoisotopic (exact) mass is 347 g/mol. The summed E-state index contributed by atoms with van der Waals surface area (Å²) in [4.78, 5) is 29.2. The third-order valence-electron chi connectivity index (χ3n) is 5.02. The molecule has 5 nitrogen and oxygen atoms in total. The Bertz CT molecular complexity index is 1010. The van der Waals surface area contributed by atoms with Crippen LogP contribution in [0, 0.1) is 0 Å². The van der Waals surface area contributed by atoms with Crippen LogP contribution in [0.1, 0.15) is 36.4 Å². The van der Waals surface area contributed by atoms with Gasteiger partial charge >= 0.3 is 0 Å². The molecule has 0 radical (unpaired) electrons. The molecule has 0 fully saturated rings. The van der Waals surface area contributed by atoms with Crippen molar-refractivity contribution in [3.8, 4) is 0 Å². The second-order valence-corrected chi connectivity index (χ2v) is 6.72. The zero-order valence-corrected chi connectivity index (χ0v) is 14.5. The maximum Gasteiger partial charge on any atom is 0.261 e. The summed E-state index contributed by atoms with van der Waals surface area (Å²) in [5, 5.41) is 3.71. The van der Waals surface area contributed by atoms with Crippen molar-refractivity contribution in [2.75, 3.05) is 0 Å². The topological polar surface area (TPSA) is 64.0 Å². The fourth-order valence-corrected chi connectivity index (χ4v) is 3.66. The van der Waals surface area contributed by atoms with Gasteiger partial charge in [-0.15, -0.1) is 0 Å². The van der Waals surface area contributed by atoms with Crippen LogP contribution in [0.25, 0.3) is 10.9 Å². The van der Waals surface area contributed by atoms with E-state index in [2.05, 4.69) is 22.4 Å². The van der Waals surface area contributed by atoms with Gasteiger partial charge < -0.3 is 5.32 Å². The molecule has 1 aliphatic carbocycles. The number of aryl methyl sites for hydroxylation is 2. The summed E-state index contributed by atoms with van der Waals surface area (Å²) in [6, 6.07) is 15.6. The van der Waals surface area contributed by atoms with E-state index in [0.717, 1.165) is 19.3 Å². The van der Waals surface area contributed by atoms with E-state index >= 15 is 0 Å². The first kappa shape index (κ1) is 16.5. The lowest BCUT2D eigenvalue weighted by Gasteiger charge is -2.26. The first-order valence-electron chi connectivity index (χ1n) is 9.04. The summed E-state index contributed by atoms with van der Waals surface area (Å²) in [7, 11) is 0. The second kappa shape index (κ2) is 7.12. The van der Waals surface area contributed by atoms with Crippen LogP contribution in [0.2, 0.25) is 0 Å². The largest absolute Gasteiger partial charge is 0.349 e. The predicted octanol–water partition coefficient (Wildman–Crippen LogP) is 2.98. The molecule has 1 atom stereocenters. The van der Waals surface area contributed by atoms with Crippen molar-refractivity contribution >= 4 is 16.8 Å². The third-order valence-corrected chi connectivity index (χ3v) is 5.02. The van der Waals surface area contributed by atoms with Gasteiger partial charge in [0, 0.05) is 13.0 Å². The minimum absolute atomic E-state index is 0.0354. The quantitative estimate of drug-likeness (QED) is 0.789. The van der Waals surface area contributed by atoms with E-state index in [1.807, 2.05) is 30.3 Å². The van der Waals surface area contributed by atoms with E-state index in [1.165, 1.54) is 22.0 Å². The number of hydrogen-bond donors (Lipinski definition) is 1. The van der Waals surface area contributed by atoms with Gasteiger partial charge in [-0.3, -0.25) is 14.2 Å². The zero-order chi connectivity index (χ0) is 17.9. The normalized spacial score (nSPS) is 16.2. The molecular formula is C21H21N3O2. The highest BCUT2D eigenvalue weighted by Crippen LogP contribution is 2.29. The molecule has 5 heteroatoms. The van der Waals surface area contributed by atoms with Crippen LogP contribution >= 0.6 is 0 Å². The molecule has 1 aliphatic rings. The lowest BCUT2D eigenvalue weighted by atomic mass is 9.88. The molecule has 2 aromatic carbocycles. The molecule has 1 aromatic heterocycles. The van der Waals surface area contributed by atoms with Crippen LogP contribution in [0.5, 0.6) is 0 Å². The highest BCUT2D eigenvalue weighted by atomic mass is 16.2. The molecule has 0 bridgehead atoms. The second-order valence-electron chi connectivity index (χ2n) is 6.72. The summed E-state index contributed by atoms with van der Waals surface area (Å²) >= 11 is 0. The number of para-hydroxylation sites is 1. The van der Waals surface area contributed by atoms with Gasteiger partial charge in [-0.1, -0.05) is 36.4 Å². The molecule has 4 rings (SSSR count). The number of benzene rings is 2. The van der Waals surface area contributed by atoms with Crippen molar-refractivity contribution in [2.24, 2.45) is 0 Å². The van der Waals surface area contributed by atoms with Gasteiger partial charge in [-0.2, -0.15) is 0 Å². The molecule has 0 saturated carbocycles. The molecule has 132 valence electrons. The number of carbonyl (C=O) groups is 1. The Morgan fingerprint density at radius 2 is 1.96 bits per heavy atom. The Morgan fingerprint density at radius 1 is 1.15 bits per heavy atom. The number of carbonyl (C=O) groups excluding carboxylic acids is 1. The number of nitrogens with one attached hydrogen (secondary N) is 1. The van der Waals surface area contributed by atoms with Gasteiger partial charge in [0.15, 0.2) is 0 Å². The van der Waals surface area contributed by atoms with Crippen LogP contribution in [0.4, 0.5) is 0 Å². The van der Waals surface area contributed by atoms with E-state index in [9.17, 15) is 9.59 Å². The van der Waals surface area contributed by atoms with Gasteiger partial charge in [0.25, 0.3) is 5.56 Å². The fraction of sp³-hybridized carbons (Fsp3) is 0.286. The van der Waals surface area contributed by atoms with Crippen molar-refractivity contribution in [1.82, 2.24) is 14.9 Å². The van der Waals surface area contributed by atoms with E-state index in [-0.39, 0.29) is 23.9 Å². The summed E-state index contributed by atoms with van der Waals surface area (Å²) in [6.07, 6.45) is 4.89. The van der Waals surface area contributed by atoms with Crippen molar-refractivity contribution in [3.63, 3.8) is 0 Å². The fourth-order valence-electron chi connectivity index (χ4n) is 3.66. The van der Waals surface area contributed by atoms with E-state index in [4.69, 9.17) is 0 Å². The molecule has 1 amide bonds. The first-order chi connectivity index (χ1) is 12.7. The first-order valence-corrected chi connectivity index (χ1v) is 9.04. The van der Waals surface area contributed by atoms with Gasteiger partial charge in [0.1, 0.15) is 0 Å². The van der Waals surface area contributed by atoms with Crippen LogP contribution in [-0.4, -0.2) is 15.5 Å². The molecular weight excluding hydrogens is 326 g/mol. The zero-order valence-electron chi connectivity index (χ0n) is 14.5. The number of hydrogen-bond acceptors (Lipinski definition) is 3. The lowest BCUT2D eigenvalue weighted by Crippen LogP contribution is -2.32. The van der Waals surface area contributed by atoms with Gasteiger partial charge in [0.2, 0.25) is 5.91 Å². The summed E-state index contributed by atoms with van der Waals surface area (Å²) < 4.78 is 1.51. The van der Waals surface area contributed by atoms with Gasteiger partial charge in [-0.05, 0) is 42.5 Å². The molecule has 0 unspecified atom stereocenters. The van der Waals surface area contributed by atoms with E-state index in [1.54, 1.807) is 6.07 Å². The molecule has 3 aromatic rings. The van der Waals surface area contributed by atoms with E-state index in [0.29, 0.717) is 17.4 Å². The van der Waals surface area contributed by atoms with Crippen molar-refractivity contribution in [1.29, 1.82) is 0 Å². The minimum atomic E-state index is -0.105. The van der Waals surface area contributed by atoms with Gasteiger partial charge in [-0.25, -0.2) is 4.98 Å². The minimum Gasteiger partial charge on any atom is -0.349 e. The number of rotatable bonds is 4. The molecule has 0 saturated heterocycles. The van der Waals surface area contributed by atoms with Gasteiger partial charge in [0.05, 0.1) is 23.3 Å². The highest BCUT2D eigenvalue weighted by molar-refractivity contribution is 5.77. The Balaban J connectivity index is 1.44. The highest BCUT2D eigenvalue weighted by Gasteiger charge is 2.21. The average Bonchev–Trinajstić information content (AvgIpc) is 2.68. The summed E-state index contributed by atoms with van der Waals surface area (Å²) in [5.74, 6) is -0.0354. The van der Waals surface area contributed by atoms with Crippen molar-refractivity contribution < 1.29 is 4.79 Å². The molecule has 26 heavy (non-hydrogen) atoms. The van der Waals surface area contributed by atoms with Crippen molar-refractivity contribution in [3.05, 3.63) is 76.3 Å². The summed E-state index contributed by atoms with van der Waals surface area (Å²) in [5.41, 5.74) is 3.11. The number of amides is 1. The smallest absolute Gasteiger partial charge is 0.261 e. The molecule has 0 aliphatic heterocycles. The lowest BCUT2D eigenvalue weighted by molar-refractivity contribution is -0.122. The molecule has 1 N–H and O–H groups in total. The Morgan fingerprint density at radius 3 is 2.88 bits per heavy atom.